The van der Waals surface area contributed by atoms with Gasteiger partial charge in [-0.2, -0.15) is 0 Å². The van der Waals surface area contributed by atoms with Gasteiger partial charge in [-0.25, -0.2) is 4.98 Å². The Labute approximate surface area is 132 Å². The van der Waals surface area contributed by atoms with E-state index in [9.17, 15) is 14.9 Å². The molecule has 1 aromatic heterocycles. The van der Waals surface area contributed by atoms with Crippen LogP contribution in [0.25, 0.3) is 0 Å². The van der Waals surface area contributed by atoms with Crippen molar-refractivity contribution in [3.05, 3.63) is 52.6 Å². The van der Waals surface area contributed by atoms with Crippen LogP contribution in [0.15, 0.2) is 36.7 Å². The van der Waals surface area contributed by atoms with Gasteiger partial charge in [-0.05, 0) is 18.9 Å². The molecule has 2 aromatic rings. The van der Waals surface area contributed by atoms with Crippen LogP contribution in [0, 0.1) is 10.1 Å². The summed E-state index contributed by atoms with van der Waals surface area (Å²) in [6.45, 7) is 0.501. The van der Waals surface area contributed by atoms with Gasteiger partial charge >= 0.3 is 0 Å². The number of amides is 1. The number of nitrogens with one attached hydrogen (secondary N) is 1. The number of carbonyl (C=O) groups excluding carboxylic acids is 1. The minimum atomic E-state index is -0.498. The second-order valence-electron chi connectivity index (χ2n) is 5.26. The average Bonchev–Trinajstić information content (AvgIpc) is 3.23. The number of non-ortho nitro benzene ring substituents is 1. The number of aromatic nitrogens is 2. The van der Waals surface area contributed by atoms with Gasteiger partial charge in [0.05, 0.1) is 17.0 Å². The summed E-state index contributed by atoms with van der Waals surface area (Å²) >= 11 is 0. The Morgan fingerprint density at radius 3 is 3.13 bits per heavy atom. The monoisotopic (exact) mass is 316 g/mol. The van der Waals surface area contributed by atoms with Crippen molar-refractivity contribution < 1.29 is 14.5 Å². The summed E-state index contributed by atoms with van der Waals surface area (Å²) in [7, 11) is 0. The molecule has 0 spiro atoms. The molecule has 1 N–H and O–H groups in total. The summed E-state index contributed by atoms with van der Waals surface area (Å²) in [4.78, 5) is 31.6. The lowest BCUT2D eigenvalue weighted by Crippen LogP contribution is -2.34. The van der Waals surface area contributed by atoms with Gasteiger partial charge in [-0.15, -0.1) is 0 Å². The zero-order valence-electron chi connectivity index (χ0n) is 12.3. The van der Waals surface area contributed by atoms with Gasteiger partial charge in [0.1, 0.15) is 11.6 Å². The highest BCUT2D eigenvalue weighted by Crippen LogP contribution is 2.29. The van der Waals surface area contributed by atoms with E-state index in [-0.39, 0.29) is 24.2 Å². The molecular weight excluding hydrogens is 300 g/mol. The fraction of sp³-hybridized carbons (Fsp3) is 0.333. The number of imidazole rings is 1. The maximum absolute atomic E-state index is 12.4. The van der Waals surface area contributed by atoms with E-state index >= 15 is 0 Å². The van der Waals surface area contributed by atoms with E-state index in [0.717, 1.165) is 18.7 Å². The highest BCUT2D eigenvalue weighted by Gasteiger charge is 2.31. The lowest BCUT2D eigenvalue weighted by atomic mass is 10.2. The molecule has 0 saturated carbocycles. The molecule has 1 saturated heterocycles. The van der Waals surface area contributed by atoms with Crippen LogP contribution in [0.1, 0.15) is 24.7 Å². The molecule has 23 heavy (non-hydrogen) atoms. The SMILES string of the molecule is O=C(COc1cccc([N+](=O)[O-])c1)N1CCC[C@H]1c1ncc[nH]1. The van der Waals surface area contributed by atoms with E-state index in [0.29, 0.717) is 12.3 Å². The van der Waals surface area contributed by atoms with Crippen LogP contribution in [0.4, 0.5) is 5.69 Å². The molecule has 8 nitrogen and oxygen atoms in total. The van der Waals surface area contributed by atoms with Crippen molar-refractivity contribution >= 4 is 11.6 Å². The lowest BCUT2D eigenvalue weighted by Gasteiger charge is -2.23. The molecule has 120 valence electrons. The van der Waals surface area contributed by atoms with Crippen molar-refractivity contribution in [1.29, 1.82) is 0 Å². The molecular formula is C15H16N4O4. The summed E-state index contributed by atoms with van der Waals surface area (Å²) in [5.41, 5.74) is -0.0652. The molecule has 0 unspecified atom stereocenters. The molecule has 1 aliphatic heterocycles. The van der Waals surface area contributed by atoms with Crippen LogP contribution in [0.5, 0.6) is 5.75 Å². The third kappa shape index (κ3) is 3.31. The van der Waals surface area contributed by atoms with Crippen molar-refractivity contribution in [3.8, 4) is 5.75 Å². The molecule has 1 atom stereocenters. The molecule has 1 aliphatic rings. The number of nitrogens with zero attached hydrogens (tertiary/aromatic N) is 3. The fourth-order valence-electron chi connectivity index (χ4n) is 2.72. The van der Waals surface area contributed by atoms with Gasteiger partial charge in [0.25, 0.3) is 11.6 Å². The summed E-state index contributed by atoms with van der Waals surface area (Å²) < 4.78 is 5.41. The first-order chi connectivity index (χ1) is 11.1. The van der Waals surface area contributed by atoms with E-state index in [1.807, 2.05) is 0 Å². The maximum atomic E-state index is 12.4. The van der Waals surface area contributed by atoms with Crippen molar-refractivity contribution in [1.82, 2.24) is 14.9 Å². The predicted molar refractivity (Wildman–Crippen MR) is 80.9 cm³/mol. The Bertz CT molecular complexity index is 701. The number of benzene rings is 1. The zero-order valence-corrected chi connectivity index (χ0v) is 12.3. The highest BCUT2D eigenvalue weighted by molar-refractivity contribution is 5.78. The molecule has 1 fully saturated rings. The fourth-order valence-corrected chi connectivity index (χ4v) is 2.72. The third-order valence-electron chi connectivity index (χ3n) is 3.80. The Hall–Kier alpha value is -2.90. The van der Waals surface area contributed by atoms with Crippen molar-refractivity contribution in [2.24, 2.45) is 0 Å². The number of aromatic amines is 1. The number of hydrogen-bond acceptors (Lipinski definition) is 5. The number of nitro benzene ring substituents is 1. The summed E-state index contributed by atoms with van der Waals surface area (Å²) in [5.74, 6) is 0.919. The summed E-state index contributed by atoms with van der Waals surface area (Å²) in [6.07, 6.45) is 5.16. The number of carbonyl (C=O) groups is 1. The number of H-pyrrole nitrogens is 1. The minimum Gasteiger partial charge on any atom is -0.484 e. The molecule has 0 radical (unpaired) electrons. The zero-order chi connectivity index (χ0) is 16.2. The molecule has 0 bridgehead atoms. The van der Waals surface area contributed by atoms with Crippen LogP contribution >= 0.6 is 0 Å². The molecule has 0 aliphatic carbocycles. The first kappa shape index (κ1) is 15.0. The van der Waals surface area contributed by atoms with Crippen LogP contribution < -0.4 is 4.74 Å². The second kappa shape index (κ2) is 6.47. The predicted octanol–water partition coefficient (Wildman–Crippen LogP) is 2.06. The van der Waals surface area contributed by atoms with Gasteiger partial charge in [0.15, 0.2) is 6.61 Å². The average molecular weight is 316 g/mol. The van der Waals surface area contributed by atoms with Crippen LogP contribution in [0.2, 0.25) is 0 Å². The van der Waals surface area contributed by atoms with E-state index in [1.165, 1.54) is 18.2 Å². The van der Waals surface area contributed by atoms with Crippen LogP contribution in [-0.2, 0) is 4.79 Å². The molecule has 2 heterocycles. The lowest BCUT2D eigenvalue weighted by molar-refractivity contribution is -0.384. The van der Waals surface area contributed by atoms with Gasteiger partial charge < -0.3 is 14.6 Å². The van der Waals surface area contributed by atoms with Crippen LogP contribution in [0.3, 0.4) is 0 Å². The minimum absolute atomic E-state index is 0.0637. The summed E-state index contributed by atoms with van der Waals surface area (Å²) in [5, 5.41) is 10.7. The first-order valence-corrected chi connectivity index (χ1v) is 7.31. The number of hydrogen-bond donors (Lipinski definition) is 1. The number of likely N-dealkylation sites (tertiary alicyclic amines) is 1. The molecule has 8 heteroatoms. The third-order valence-corrected chi connectivity index (χ3v) is 3.80. The van der Waals surface area contributed by atoms with E-state index in [2.05, 4.69) is 9.97 Å². The normalized spacial score (nSPS) is 17.2. The van der Waals surface area contributed by atoms with Gasteiger partial charge in [-0.3, -0.25) is 14.9 Å². The van der Waals surface area contributed by atoms with Gasteiger partial charge in [0.2, 0.25) is 0 Å². The summed E-state index contributed by atoms with van der Waals surface area (Å²) in [6, 6.07) is 5.74. The number of ether oxygens (including phenoxy) is 1. The van der Waals surface area contributed by atoms with Crippen molar-refractivity contribution in [3.63, 3.8) is 0 Å². The van der Waals surface area contributed by atoms with E-state index in [4.69, 9.17) is 4.74 Å². The second-order valence-corrected chi connectivity index (χ2v) is 5.26. The molecule has 3 rings (SSSR count). The maximum Gasteiger partial charge on any atom is 0.273 e. The molecule has 1 aromatic carbocycles. The van der Waals surface area contributed by atoms with E-state index in [1.54, 1.807) is 23.4 Å². The van der Waals surface area contributed by atoms with Crippen LogP contribution in [-0.4, -0.2) is 38.8 Å². The molecule has 1 amide bonds. The first-order valence-electron chi connectivity index (χ1n) is 7.31. The van der Waals surface area contributed by atoms with Gasteiger partial charge in [0, 0.05) is 25.0 Å². The number of rotatable bonds is 5. The Morgan fingerprint density at radius 1 is 1.52 bits per heavy atom. The number of nitro groups is 1. The largest absolute Gasteiger partial charge is 0.484 e. The Morgan fingerprint density at radius 2 is 2.39 bits per heavy atom. The van der Waals surface area contributed by atoms with E-state index < -0.39 is 4.92 Å². The Balaban J connectivity index is 1.63. The standard InChI is InChI=1S/C15H16N4O4/c20-14(10-23-12-4-1-3-11(9-12)19(21)22)18-8-2-5-13(18)15-16-6-7-17-15/h1,3-4,6-7,9,13H,2,5,8,10H2,(H,16,17)/t13-/m0/s1. The van der Waals surface area contributed by atoms with Gasteiger partial charge in [-0.1, -0.05) is 6.07 Å². The topological polar surface area (TPSA) is 101 Å². The Kier molecular flexibility index (Phi) is 4.22. The highest BCUT2D eigenvalue weighted by atomic mass is 16.6. The smallest absolute Gasteiger partial charge is 0.273 e. The van der Waals surface area contributed by atoms with Crippen molar-refractivity contribution in [2.75, 3.05) is 13.2 Å². The quantitative estimate of drug-likeness (QED) is 0.672. The van der Waals surface area contributed by atoms with Crippen molar-refractivity contribution in [2.45, 2.75) is 18.9 Å².